The fraction of sp³-hybridized carbons (Fsp3) is 1.00. The minimum atomic E-state index is -1.15. The van der Waals surface area contributed by atoms with Gasteiger partial charge in [0.15, 0.2) is 12.6 Å². The highest BCUT2D eigenvalue weighted by Crippen LogP contribution is 1.93. The number of hydrogen-bond acceptors (Lipinski definition) is 4. The topological polar surface area (TPSA) is 80.9 Å². The highest BCUT2D eigenvalue weighted by atomic mass is 16.5. The Kier molecular flexibility index (Phi) is 10.7. The van der Waals surface area contributed by atoms with Gasteiger partial charge in [-0.05, 0) is 6.42 Å². The predicted molar refractivity (Wildman–Crippen MR) is 46.2 cm³/mol. The molecule has 0 spiro atoms. The van der Waals surface area contributed by atoms with Gasteiger partial charge in [-0.15, -0.1) is 0 Å². The summed E-state index contributed by atoms with van der Waals surface area (Å²) < 4.78 is 0. The first-order chi connectivity index (χ1) is 5.41. The third kappa shape index (κ3) is 16.4. The van der Waals surface area contributed by atoms with Crippen LogP contribution in [0.3, 0.4) is 0 Å². The number of aliphatic hydroxyl groups excluding tert-OH is 2. The Morgan fingerprint density at radius 2 is 1.33 bits per heavy atom. The van der Waals surface area contributed by atoms with Crippen LogP contribution in [0.5, 0.6) is 0 Å². The van der Waals surface area contributed by atoms with Crippen LogP contribution in [-0.2, 0) is 0 Å². The van der Waals surface area contributed by atoms with Crippen molar-refractivity contribution < 1.29 is 20.4 Å². The largest absolute Gasteiger partial charge is 0.368 e. The minimum Gasteiger partial charge on any atom is -0.368 e. The third-order valence-corrected chi connectivity index (χ3v) is 1.14. The third-order valence-electron chi connectivity index (χ3n) is 1.14. The second-order valence-corrected chi connectivity index (χ2v) is 2.93. The maximum Gasteiger partial charge on any atom is 0.153 e. The molecule has 12 heavy (non-hydrogen) atoms. The van der Waals surface area contributed by atoms with Crippen LogP contribution in [0, 0.1) is 5.92 Å². The SMILES string of the molecule is CC(C)C(O)O.CCCC(O)O. The molecule has 0 aliphatic rings. The molecule has 0 amide bonds. The number of aliphatic hydroxyl groups is 4. The number of hydrogen-bond donors (Lipinski definition) is 4. The zero-order valence-electron chi connectivity index (χ0n) is 7.94. The van der Waals surface area contributed by atoms with Gasteiger partial charge in [-0.25, -0.2) is 0 Å². The van der Waals surface area contributed by atoms with E-state index in [-0.39, 0.29) is 5.92 Å². The predicted octanol–water partition coefficient (Wildman–Crippen LogP) is 0.0503. The molecule has 0 fully saturated rings. The molecule has 0 radical (unpaired) electrons. The molecular formula is C8H20O4. The lowest BCUT2D eigenvalue weighted by Crippen LogP contribution is -2.11. The molecule has 4 N–H and O–H groups in total. The van der Waals surface area contributed by atoms with Crippen LogP contribution in [-0.4, -0.2) is 33.0 Å². The zero-order chi connectivity index (χ0) is 10.1. The monoisotopic (exact) mass is 180 g/mol. The van der Waals surface area contributed by atoms with Crippen LogP contribution in [0.25, 0.3) is 0 Å². The van der Waals surface area contributed by atoms with Gasteiger partial charge in [-0.3, -0.25) is 0 Å². The average Bonchev–Trinajstić information content (AvgIpc) is 1.87. The molecule has 0 aliphatic heterocycles. The summed E-state index contributed by atoms with van der Waals surface area (Å²) >= 11 is 0. The van der Waals surface area contributed by atoms with Gasteiger partial charge >= 0.3 is 0 Å². The van der Waals surface area contributed by atoms with Crippen LogP contribution >= 0.6 is 0 Å². The Morgan fingerprint density at radius 1 is 1.00 bits per heavy atom. The summed E-state index contributed by atoms with van der Waals surface area (Å²) in [6.07, 6.45) is -0.933. The van der Waals surface area contributed by atoms with Crippen molar-refractivity contribution in [2.75, 3.05) is 0 Å². The highest BCUT2D eigenvalue weighted by Gasteiger charge is 1.99. The van der Waals surface area contributed by atoms with Gasteiger partial charge in [0.25, 0.3) is 0 Å². The summed E-state index contributed by atoms with van der Waals surface area (Å²) in [5.74, 6) is -0.0370. The van der Waals surface area contributed by atoms with E-state index < -0.39 is 12.6 Å². The molecule has 0 saturated heterocycles. The number of rotatable bonds is 3. The molecule has 4 nitrogen and oxygen atoms in total. The molecule has 0 aromatic rings. The van der Waals surface area contributed by atoms with E-state index in [0.717, 1.165) is 6.42 Å². The standard InChI is InChI=1S/2C4H10O2/c1-3(2)4(5)6;1-2-3-4(5)6/h3-6H,1-2H3;4-6H,2-3H2,1H3. The molecule has 0 aliphatic carbocycles. The van der Waals surface area contributed by atoms with E-state index in [0.29, 0.717) is 6.42 Å². The fourth-order valence-electron chi connectivity index (χ4n) is 0.258. The smallest absolute Gasteiger partial charge is 0.153 e. The molecule has 0 bridgehead atoms. The highest BCUT2D eigenvalue weighted by molar-refractivity contribution is 4.40. The summed E-state index contributed by atoms with van der Waals surface area (Å²) in [4.78, 5) is 0. The van der Waals surface area contributed by atoms with Crippen LogP contribution < -0.4 is 0 Å². The van der Waals surface area contributed by atoms with Crippen molar-refractivity contribution >= 4 is 0 Å². The average molecular weight is 180 g/mol. The van der Waals surface area contributed by atoms with Crippen LogP contribution in [0.1, 0.15) is 33.6 Å². The summed E-state index contributed by atoms with van der Waals surface area (Å²) in [5.41, 5.74) is 0. The molecule has 0 aromatic heterocycles. The van der Waals surface area contributed by atoms with E-state index >= 15 is 0 Å². The summed E-state index contributed by atoms with van der Waals surface area (Å²) in [7, 11) is 0. The van der Waals surface area contributed by atoms with Crippen LogP contribution in [0.4, 0.5) is 0 Å². The Hall–Kier alpha value is -0.160. The van der Waals surface area contributed by atoms with Crippen molar-refractivity contribution in [1.82, 2.24) is 0 Å². The Balaban J connectivity index is 0. The lowest BCUT2D eigenvalue weighted by Gasteiger charge is -2.03. The van der Waals surface area contributed by atoms with E-state index in [2.05, 4.69) is 0 Å². The minimum absolute atomic E-state index is 0.0370. The van der Waals surface area contributed by atoms with E-state index in [1.165, 1.54) is 0 Å². The first-order valence-corrected chi connectivity index (χ1v) is 4.14. The first-order valence-electron chi connectivity index (χ1n) is 4.14. The van der Waals surface area contributed by atoms with Gasteiger partial charge in [-0.1, -0.05) is 27.2 Å². The molecule has 0 saturated carbocycles. The van der Waals surface area contributed by atoms with E-state index in [9.17, 15) is 0 Å². The molecule has 76 valence electrons. The molecule has 0 unspecified atom stereocenters. The fourth-order valence-corrected chi connectivity index (χ4v) is 0.258. The van der Waals surface area contributed by atoms with Crippen molar-refractivity contribution in [1.29, 1.82) is 0 Å². The normalized spacial score (nSPS) is 10.5. The summed E-state index contributed by atoms with van der Waals surface area (Å²) in [5, 5.41) is 32.6. The van der Waals surface area contributed by atoms with Gasteiger partial charge in [0.2, 0.25) is 0 Å². The lowest BCUT2D eigenvalue weighted by molar-refractivity contribution is -0.0731. The summed E-state index contributed by atoms with van der Waals surface area (Å²) in [6, 6.07) is 0. The Labute approximate surface area is 73.5 Å². The quantitative estimate of drug-likeness (QED) is 0.463. The molecule has 4 heteroatoms. The van der Waals surface area contributed by atoms with Crippen molar-refractivity contribution in [3.05, 3.63) is 0 Å². The maximum atomic E-state index is 8.19. The van der Waals surface area contributed by atoms with Crippen molar-refractivity contribution in [2.45, 2.75) is 46.2 Å². The Morgan fingerprint density at radius 3 is 1.33 bits per heavy atom. The van der Waals surface area contributed by atoms with Gasteiger partial charge in [0.1, 0.15) is 0 Å². The van der Waals surface area contributed by atoms with Gasteiger partial charge in [0.05, 0.1) is 0 Å². The molecular weight excluding hydrogens is 160 g/mol. The van der Waals surface area contributed by atoms with Crippen molar-refractivity contribution in [2.24, 2.45) is 5.92 Å². The van der Waals surface area contributed by atoms with Crippen LogP contribution in [0.2, 0.25) is 0 Å². The van der Waals surface area contributed by atoms with E-state index in [4.69, 9.17) is 20.4 Å². The van der Waals surface area contributed by atoms with Gasteiger partial charge in [0, 0.05) is 5.92 Å². The summed E-state index contributed by atoms with van der Waals surface area (Å²) in [6.45, 7) is 5.38. The van der Waals surface area contributed by atoms with Gasteiger partial charge in [-0.2, -0.15) is 0 Å². The zero-order valence-corrected chi connectivity index (χ0v) is 7.94. The molecule has 0 atom stereocenters. The second kappa shape index (κ2) is 8.93. The van der Waals surface area contributed by atoms with Crippen molar-refractivity contribution in [3.63, 3.8) is 0 Å². The van der Waals surface area contributed by atoms with Gasteiger partial charge < -0.3 is 20.4 Å². The van der Waals surface area contributed by atoms with Crippen LogP contribution in [0.15, 0.2) is 0 Å². The second-order valence-electron chi connectivity index (χ2n) is 2.93. The van der Waals surface area contributed by atoms with E-state index in [1.807, 2.05) is 6.92 Å². The van der Waals surface area contributed by atoms with E-state index in [1.54, 1.807) is 13.8 Å². The Bertz CT molecular complexity index is 75.1. The maximum absolute atomic E-state index is 8.19. The lowest BCUT2D eigenvalue weighted by atomic mass is 10.2. The molecule has 0 aromatic carbocycles. The molecule has 0 rings (SSSR count). The first kappa shape index (κ1) is 14.4. The molecule has 0 heterocycles. The van der Waals surface area contributed by atoms with Crippen molar-refractivity contribution in [3.8, 4) is 0 Å².